The Morgan fingerprint density at radius 2 is 2.13 bits per heavy atom. The minimum Gasteiger partial charge on any atom is -0.381 e. The molecule has 1 aromatic heterocycles. The van der Waals surface area contributed by atoms with Crippen LogP contribution >= 0.6 is 11.6 Å². The second-order valence-corrected chi connectivity index (χ2v) is 6.23. The first-order valence-electron chi connectivity index (χ1n) is 7.84. The number of anilines is 1. The Bertz CT molecular complexity index is 665. The van der Waals surface area contributed by atoms with Gasteiger partial charge in [-0.25, -0.2) is 0 Å². The van der Waals surface area contributed by atoms with E-state index in [9.17, 15) is 4.79 Å². The smallest absolute Gasteiger partial charge is 0.228 e. The largest absolute Gasteiger partial charge is 0.381 e. The number of carbonyl (C=O) groups excluding carboxylic acids is 1. The molecule has 2 aromatic rings. The SMILES string of the molecule is O=C(Cc1ccccc1Cl)Nc1cnn(CC2CCOCC2)c1. The summed E-state index contributed by atoms with van der Waals surface area (Å²) in [6.45, 7) is 2.52. The number of halogens is 1. The molecule has 2 heterocycles. The van der Waals surface area contributed by atoms with E-state index in [0.29, 0.717) is 16.6 Å². The van der Waals surface area contributed by atoms with Crippen LogP contribution in [0.4, 0.5) is 5.69 Å². The Kier molecular flexibility index (Phi) is 5.31. The maximum atomic E-state index is 12.1. The Hall–Kier alpha value is -1.85. The van der Waals surface area contributed by atoms with Crippen LogP contribution in [0, 0.1) is 5.92 Å². The van der Waals surface area contributed by atoms with Crippen molar-refractivity contribution in [3.63, 3.8) is 0 Å². The summed E-state index contributed by atoms with van der Waals surface area (Å²) < 4.78 is 7.25. The van der Waals surface area contributed by atoms with Crippen LogP contribution in [-0.4, -0.2) is 28.9 Å². The monoisotopic (exact) mass is 333 g/mol. The third kappa shape index (κ3) is 4.56. The molecule has 0 atom stereocenters. The third-order valence-electron chi connectivity index (χ3n) is 4.01. The summed E-state index contributed by atoms with van der Waals surface area (Å²) in [6.07, 6.45) is 5.94. The lowest BCUT2D eigenvalue weighted by atomic mass is 10.0. The normalized spacial score (nSPS) is 15.5. The number of ether oxygens (including phenoxy) is 1. The van der Waals surface area contributed by atoms with Gasteiger partial charge in [0.1, 0.15) is 0 Å². The van der Waals surface area contributed by atoms with E-state index >= 15 is 0 Å². The van der Waals surface area contributed by atoms with E-state index in [0.717, 1.165) is 38.2 Å². The van der Waals surface area contributed by atoms with E-state index in [1.807, 2.05) is 29.1 Å². The molecule has 0 aliphatic carbocycles. The van der Waals surface area contributed by atoms with Crippen molar-refractivity contribution in [2.24, 2.45) is 5.92 Å². The number of rotatable bonds is 5. The van der Waals surface area contributed by atoms with Crippen molar-refractivity contribution < 1.29 is 9.53 Å². The van der Waals surface area contributed by atoms with E-state index in [2.05, 4.69) is 10.4 Å². The van der Waals surface area contributed by atoms with Crippen molar-refractivity contribution in [1.82, 2.24) is 9.78 Å². The van der Waals surface area contributed by atoms with Gasteiger partial charge in [-0.15, -0.1) is 0 Å². The standard InChI is InChI=1S/C17H20ClN3O2/c18-16-4-2-1-3-14(16)9-17(22)20-15-10-19-21(12-15)11-13-5-7-23-8-6-13/h1-4,10,12-13H,5-9,11H2,(H,20,22). The molecule has 0 radical (unpaired) electrons. The molecule has 1 amide bonds. The third-order valence-corrected chi connectivity index (χ3v) is 4.38. The molecule has 1 aromatic carbocycles. The summed E-state index contributed by atoms with van der Waals surface area (Å²) in [5.74, 6) is 0.499. The highest BCUT2D eigenvalue weighted by molar-refractivity contribution is 6.31. The van der Waals surface area contributed by atoms with Crippen LogP contribution in [-0.2, 0) is 22.5 Å². The van der Waals surface area contributed by atoms with Gasteiger partial charge < -0.3 is 10.1 Å². The van der Waals surface area contributed by atoms with Gasteiger partial charge >= 0.3 is 0 Å². The number of aromatic nitrogens is 2. The molecule has 5 nitrogen and oxygen atoms in total. The van der Waals surface area contributed by atoms with E-state index in [1.54, 1.807) is 12.3 Å². The Balaban J connectivity index is 1.54. The van der Waals surface area contributed by atoms with Gasteiger partial charge in [0.25, 0.3) is 0 Å². The molecule has 1 saturated heterocycles. The van der Waals surface area contributed by atoms with Crippen LogP contribution in [0.3, 0.4) is 0 Å². The Morgan fingerprint density at radius 1 is 1.35 bits per heavy atom. The zero-order valence-corrected chi connectivity index (χ0v) is 13.6. The lowest BCUT2D eigenvalue weighted by molar-refractivity contribution is -0.115. The molecule has 122 valence electrons. The van der Waals surface area contributed by atoms with E-state index in [1.165, 1.54) is 0 Å². The van der Waals surface area contributed by atoms with Crippen LogP contribution in [0.2, 0.25) is 5.02 Å². The van der Waals surface area contributed by atoms with Crippen molar-refractivity contribution in [3.8, 4) is 0 Å². The van der Waals surface area contributed by atoms with Gasteiger partial charge in [0, 0.05) is 31.0 Å². The van der Waals surface area contributed by atoms with Crippen molar-refractivity contribution in [2.75, 3.05) is 18.5 Å². The number of amides is 1. The topological polar surface area (TPSA) is 56.2 Å². The highest BCUT2D eigenvalue weighted by Crippen LogP contribution is 2.18. The summed E-state index contributed by atoms with van der Waals surface area (Å²) >= 11 is 6.08. The average Bonchev–Trinajstić information content (AvgIpc) is 2.97. The molecule has 1 fully saturated rings. The number of carbonyl (C=O) groups is 1. The molecule has 1 aliphatic heterocycles. The fraction of sp³-hybridized carbons (Fsp3) is 0.412. The maximum Gasteiger partial charge on any atom is 0.228 e. The molecule has 3 rings (SSSR count). The molecule has 0 unspecified atom stereocenters. The van der Waals surface area contributed by atoms with Crippen molar-refractivity contribution in [2.45, 2.75) is 25.8 Å². The van der Waals surface area contributed by atoms with Gasteiger partial charge in [0.2, 0.25) is 5.91 Å². The minimum atomic E-state index is -0.0938. The number of nitrogens with one attached hydrogen (secondary N) is 1. The fourth-order valence-electron chi connectivity index (χ4n) is 2.74. The van der Waals surface area contributed by atoms with Crippen molar-refractivity contribution in [3.05, 3.63) is 47.2 Å². The number of hydrogen-bond acceptors (Lipinski definition) is 3. The zero-order valence-electron chi connectivity index (χ0n) is 12.9. The predicted octanol–water partition coefficient (Wildman–Crippen LogP) is 3.14. The molecule has 0 saturated carbocycles. The number of hydrogen-bond donors (Lipinski definition) is 1. The first kappa shape index (κ1) is 16.0. The van der Waals surface area contributed by atoms with Gasteiger partial charge in [-0.3, -0.25) is 9.48 Å². The predicted molar refractivity (Wildman–Crippen MR) is 89.6 cm³/mol. The maximum absolute atomic E-state index is 12.1. The lowest BCUT2D eigenvalue weighted by Gasteiger charge is -2.21. The van der Waals surface area contributed by atoms with Crippen LogP contribution in [0.1, 0.15) is 18.4 Å². The van der Waals surface area contributed by atoms with Crippen molar-refractivity contribution in [1.29, 1.82) is 0 Å². The second-order valence-electron chi connectivity index (χ2n) is 5.82. The van der Waals surface area contributed by atoms with E-state index in [-0.39, 0.29) is 12.3 Å². The Morgan fingerprint density at radius 3 is 2.91 bits per heavy atom. The van der Waals surface area contributed by atoms with Gasteiger partial charge in [0.15, 0.2) is 0 Å². The summed E-state index contributed by atoms with van der Waals surface area (Å²) in [7, 11) is 0. The molecule has 1 N–H and O–H groups in total. The highest BCUT2D eigenvalue weighted by atomic mass is 35.5. The number of benzene rings is 1. The first-order chi connectivity index (χ1) is 11.2. The number of nitrogens with zero attached hydrogens (tertiary/aromatic N) is 2. The fourth-order valence-corrected chi connectivity index (χ4v) is 2.94. The van der Waals surface area contributed by atoms with Crippen LogP contribution in [0.15, 0.2) is 36.7 Å². The van der Waals surface area contributed by atoms with E-state index < -0.39 is 0 Å². The molecule has 23 heavy (non-hydrogen) atoms. The molecule has 0 spiro atoms. The van der Waals surface area contributed by atoms with Gasteiger partial charge in [-0.05, 0) is 30.4 Å². The second kappa shape index (κ2) is 7.62. The summed E-state index contributed by atoms with van der Waals surface area (Å²) in [5, 5.41) is 7.80. The van der Waals surface area contributed by atoms with Gasteiger partial charge in [-0.1, -0.05) is 29.8 Å². The highest BCUT2D eigenvalue weighted by Gasteiger charge is 2.15. The van der Waals surface area contributed by atoms with Crippen molar-refractivity contribution >= 4 is 23.2 Å². The Labute approximate surface area is 140 Å². The molecule has 6 heteroatoms. The molecular formula is C17H20ClN3O2. The average molecular weight is 334 g/mol. The summed E-state index contributed by atoms with van der Waals surface area (Å²) in [4.78, 5) is 12.1. The van der Waals surface area contributed by atoms with Crippen LogP contribution in [0.25, 0.3) is 0 Å². The molecule has 1 aliphatic rings. The van der Waals surface area contributed by atoms with E-state index in [4.69, 9.17) is 16.3 Å². The summed E-state index contributed by atoms with van der Waals surface area (Å²) in [6, 6.07) is 7.37. The molecule has 0 bridgehead atoms. The minimum absolute atomic E-state index is 0.0938. The van der Waals surface area contributed by atoms with Crippen LogP contribution in [0.5, 0.6) is 0 Å². The quantitative estimate of drug-likeness (QED) is 0.914. The van der Waals surface area contributed by atoms with Crippen LogP contribution < -0.4 is 5.32 Å². The first-order valence-corrected chi connectivity index (χ1v) is 8.22. The summed E-state index contributed by atoms with van der Waals surface area (Å²) in [5.41, 5.74) is 1.54. The van der Waals surface area contributed by atoms with Gasteiger partial charge in [-0.2, -0.15) is 5.10 Å². The zero-order chi connectivity index (χ0) is 16.1. The lowest BCUT2D eigenvalue weighted by Crippen LogP contribution is -2.20. The van der Waals surface area contributed by atoms with Gasteiger partial charge in [0.05, 0.1) is 18.3 Å². The molecular weight excluding hydrogens is 314 g/mol.